The van der Waals surface area contributed by atoms with Crippen molar-refractivity contribution in [3.05, 3.63) is 59.7 Å². The Balaban J connectivity index is 2.33. The van der Waals surface area contributed by atoms with Crippen LogP contribution in [0.2, 0.25) is 0 Å². The molecule has 0 nitrogen and oxygen atoms in total. The van der Waals surface area contributed by atoms with Crippen molar-refractivity contribution >= 4 is 0 Å². The lowest BCUT2D eigenvalue weighted by molar-refractivity contribution is 0.585. The van der Waals surface area contributed by atoms with Crippen LogP contribution in [-0.4, -0.2) is 0 Å². The number of benzene rings is 2. The van der Waals surface area contributed by atoms with Gasteiger partial charge in [-0.25, -0.2) is 8.78 Å². The predicted octanol–water partition coefficient (Wildman–Crippen LogP) is 4.58. The number of hydrogen-bond acceptors (Lipinski definition) is 0. The second-order valence-corrected chi connectivity index (χ2v) is 4.07. The SMILES string of the molecule is CCCc1ccc(-c2ccc(F)cc2F)cc1. The molecule has 0 aliphatic heterocycles. The molecular formula is C15H14F2. The first-order valence-electron chi connectivity index (χ1n) is 5.75. The molecule has 0 N–H and O–H groups in total. The van der Waals surface area contributed by atoms with Crippen molar-refractivity contribution in [2.45, 2.75) is 19.8 Å². The normalized spacial score (nSPS) is 10.5. The molecule has 0 amide bonds. The van der Waals surface area contributed by atoms with Crippen LogP contribution in [0.25, 0.3) is 11.1 Å². The van der Waals surface area contributed by atoms with Crippen molar-refractivity contribution in [1.29, 1.82) is 0 Å². The van der Waals surface area contributed by atoms with Gasteiger partial charge < -0.3 is 0 Å². The minimum Gasteiger partial charge on any atom is -0.207 e. The molecule has 0 aliphatic carbocycles. The van der Waals surface area contributed by atoms with Crippen LogP contribution in [0.3, 0.4) is 0 Å². The molecule has 0 saturated carbocycles. The molecule has 0 heterocycles. The Labute approximate surface area is 99.9 Å². The van der Waals surface area contributed by atoms with E-state index in [4.69, 9.17) is 0 Å². The summed E-state index contributed by atoms with van der Waals surface area (Å²) in [6.07, 6.45) is 2.11. The Hall–Kier alpha value is -1.70. The fraction of sp³-hybridized carbons (Fsp3) is 0.200. The van der Waals surface area contributed by atoms with Crippen LogP contribution in [-0.2, 0) is 6.42 Å². The number of aryl methyl sites for hydroxylation is 1. The first-order chi connectivity index (χ1) is 8.20. The van der Waals surface area contributed by atoms with Crippen molar-refractivity contribution < 1.29 is 8.78 Å². The van der Waals surface area contributed by atoms with Crippen molar-refractivity contribution in [2.75, 3.05) is 0 Å². The van der Waals surface area contributed by atoms with E-state index in [1.165, 1.54) is 17.7 Å². The van der Waals surface area contributed by atoms with Crippen molar-refractivity contribution in [1.82, 2.24) is 0 Å². The summed E-state index contributed by atoms with van der Waals surface area (Å²) in [5.74, 6) is -1.07. The highest BCUT2D eigenvalue weighted by atomic mass is 19.1. The van der Waals surface area contributed by atoms with Crippen LogP contribution in [0.4, 0.5) is 8.78 Å². The molecule has 0 radical (unpaired) electrons. The van der Waals surface area contributed by atoms with Crippen LogP contribution in [0.15, 0.2) is 42.5 Å². The third kappa shape index (κ3) is 2.70. The Morgan fingerprint density at radius 3 is 2.24 bits per heavy atom. The number of hydrogen-bond donors (Lipinski definition) is 0. The molecule has 2 rings (SSSR count). The quantitative estimate of drug-likeness (QED) is 0.726. The summed E-state index contributed by atoms with van der Waals surface area (Å²) in [6, 6.07) is 11.4. The molecule has 0 aromatic heterocycles. The maximum absolute atomic E-state index is 13.5. The highest BCUT2D eigenvalue weighted by Crippen LogP contribution is 2.23. The lowest BCUT2D eigenvalue weighted by Crippen LogP contribution is -1.87. The monoisotopic (exact) mass is 232 g/mol. The van der Waals surface area contributed by atoms with Gasteiger partial charge in [0.05, 0.1) is 0 Å². The summed E-state index contributed by atoms with van der Waals surface area (Å²) in [5.41, 5.74) is 2.45. The largest absolute Gasteiger partial charge is 0.207 e. The molecule has 0 aliphatic rings. The van der Waals surface area contributed by atoms with E-state index in [1.807, 2.05) is 24.3 Å². The molecule has 88 valence electrons. The summed E-state index contributed by atoms with van der Waals surface area (Å²) < 4.78 is 26.3. The summed E-state index contributed by atoms with van der Waals surface area (Å²) in [6.45, 7) is 2.12. The Morgan fingerprint density at radius 2 is 1.65 bits per heavy atom. The van der Waals surface area contributed by atoms with Gasteiger partial charge in [0.15, 0.2) is 0 Å². The van der Waals surface area contributed by atoms with Gasteiger partial charge in [0, 0.05) is 11.6 Å². The second-order valence-electron chi connectivity index (χ2n) is 4.07. The van der Waals surface area contributed by atoms with E-state index >= 15 is 0 Å². The van der Waals surface area contributed by atoms with Gasteiger partial charge in [-0.15, -0.1) is 0 Å². The first-order valence-corrected chi connectivity index (χ1v) is 5.75. The third-order valence-electron chi connectivity index (χ3n) is 2.73. The molecule has 17 heavy (non-hydrogen) atoms. The minimum absolute atomic E-state index is 0.439. The molecule has 0 spiro atoms. The summed E-state index contributed by atoms with van der Waals surface area (Å²) in [4.78, 5) is 0. The highest BCUT2D eigenvalue weighted by molar-refractivity contribution is 5.64. The average Bonchev–Trinajstić information content (AvgIpc) is 2.31. The van der Waals surface area contributed by atoms with Crippen molar-refractivity contribution in [3.63, 3.8) is 0 Å². The molecular weight excluding hydrogens is 218 g/mol. The van der Waals surface area contributed by atoms with E-state index in [2.05, 4.69) is 6.92 Å². The van der Waals surface area contributed by atoms with Crippen LogP contribution in [0.1, 0.15) is 18.9 Å². The highest BCUT2D eigenvalue weighted by Gasteiger charge is 2.05. The molecule has 0 saturated heterocycles. The van der Waals surface area contributed by atoms with Gasteiger partial charge in [-0.1, -0.05) is 37.6 Å². The van der Waals surface area contributed by atoms with E-state index in [0.717, 1.165) is 24.5 Å². The minimum atomic E-state index is -0.547. The van der Waals surface area contributed by atoms with Gasteiger partial charge in [-0.05, 0) is 29.7 Å². The molecule has 2 aromatic carbocycles. The average molecular weight is 232 g/mol. The van der Waals surface area contributed by atoms with Gasteiger partial charge in [0.1, 0.15) is 11.6 Å². The van der Waals surface area contributed by atoms with Gasteiger partial charge in [0.25, 0.3) is 0 Å². The Kier molecular flexibility index (Phi) is 3.52. The molecule has 2 heteroatoms. The zero-order chi connectivity index (χ0) is 12.3. The maximum atomic E-state index is 13.5. The van der Waals surface area contributed by atoms with Crippen LogP contribution >= 0.6 is 0 Å². The van der Waals surface area contributed by atoms with E-state index < -0.39 is 11.6 Å². The predicted molar refractivity (Wildman–Crippen MR) is 65.8 cm³/mol. The number of halogens is 2. The lowest BCUT2D eigenvalue weighted by atomic mass is 10.0. The van der Waals surface area contributed by atoms with Gasteiger partial charge >= 0.3 is 0 Å². The topological polar surface area (TPSA) is 0 Å². The second kappa shape index (κ2) is 5.09. The summed E-state index contributed by atoms with van der Waals surface area (Å²) in [5, 5.41) is 0. The van der Waals surface area contributed by atoms with Gasteiger partial charge in [-0.3, -0.25) is 0 Å². The Morgan fingerprint density at radius 1 is 0.941 bits per heavy atom. The molecule has 0 fully saturated rings. The van der Waals surface area contributed by atoms with E-state index in [9.17, 15) is 8.78 Å². The van der Waals surface area contributed by atoms with Crippen LogP contribution < -0.4 is 0 Å². The van der Waals surface area contributed by atoms with Crippen LogP contribution in [0.5, 0.6) is 0 Å². The molecule has 0 atom stereocenters. The van der Waals surface area contributed by atoms with Crippen molar-refractivity contribution in [3.8, 4) is 11.1 Å². The zero-order valence-electron chi connectivity index (χ0n) is 9.71. The smallest absolute Gasteiger partial charge is 0.133 e. The lowest BCUT2D eigenvalue weighted by Gasteiger charge is -2.05. The molecule has 2 aromatic rings. The van der Waals surface area contributed by atoms with E-state index in [1.54, 1.807) is 0 Å². The fourth-order valence-corrected chi connectivity index (χ4v) is 1.86. The molecule has 0 unspecified atom stereocenters. The first kappa shape index (κ1) is 11.8. The maximum Gasteiger partial charge on any atom is 0.133 e. The van der Waals surface area contributed by atoms with Crippen molar-refractivity contribution in [2.24, 2.45) is 0 Å². The van der Waals surface area contributed by atoms with E-state index in [-0.39, 0.29) is 0 Å². The Bertz CT molecular complexity index is 501. The fourth-order valence-electron chi connectivity index (χ4n) is 1.86. The van der Waals surface area contributed by atoms with Gasteiger partial charge in [-0.2, -0.15) is 0 Å². The summed E-state index contributed by atoms with van der Waals surface area (Å²) in [7, 11) is 0. The standard InChI is InChI=1S/C15H14F2/c1-2-3-11-4-6-12(7-5-11)14-9-8-13(16)10-15(14)17/h4-10H,2-3H2,1H3. The molecule has 0 bridgehead atoms. The van der Waals surface area contributed by atoms with E-state index in [0.29, 0.717) is 5.56 Å². The third-order valence-corrected chi connectivity index (χ3v) is 2.73. The number of rotatable bonds is 3. The zero-order valence-corrected chi connectivity index (χ0v) is 9.71. The van der Waals surface area contributed by atoms with Gasteiger partial charge in [0.2, 0.25) is 0 Å². The summed E-state index contributed by atoms with van der Waals surface area (Å²) >= 11 is 0. The van der Waals surface area contributed by atoms with Crippen LogP contribution in [0, 0.1) is 11.6 Å².